The van der Waals surface area contributed by atoms with Gasteiger partial charge in [-0.2, -0.15) is 0 Å². The predicted molar refractivity (Wildman–Crippen MR) is 72.3 cm³/mol. The lowest BCUT2D eigenvalue weighted by atomic mass is 9.70. The quantitative estimate of drug-likeness (QED) is 0.840. The van der Waals surface area contributed by atoms with Crippen molar-refractivity contribution in [3.05, 3.63) is 0 Å². The van der Waals surface area contributed by atoms with Crippen molar-refractivity contribution < 1.29 is 9.53 Å². The van der Waals surface area contributed by atoms with E-state index in [1.165, 1.54) is 32.1 Å². The van der Waals surface area contributed by atoms with Crippen LogP contribution < -0.4 is 5.32 Å². The Kier molecular flexibility index (Phi) is 5.04. The average molecular weight is 253 g/mol. The van der Waals surface area contributed by atoms with Crippen LogP contribution in [0, 0.1) is 11.8 Å². The monoisotopic (exact) mass is 253 g/mol. The SMILES string of the molecule is COC1CCC(NC(C)=O)C(C2CCCCC2)C1. The highest BCUT2D eigenvalue weighted by atomic mass is 16.5. The van der Waals surface area contributed by atoms with Gasteiger partial charge in [-0.1, -0.05) is 32.1 Å². The molecular weight excluding hydrogens is 226 g/mol. The molecule has 0 aromatic heterocycles. The highest BCUT2D eigenvalue weighted by molar-refractivity contribution is 5.73. The zero-order valence-electron chi connectivity index (χ0n) is 11.8. The molecule has 0 aliphatic heterocycles. The number of amides is 1. The number of methoxy groups -OCH3 is 1. The molecule has 2 rings (SSSR count). The smallest absolute Gasteiger partial charge is 0.217 e. The third kappa shape index (κ3) is 3.47. The summed E-state index contributed by atoms with van der Waals surface area (Å²) >= 11 is 0. The van der Waals surface area contributed by atoms with Gasteiger partial charge in [0.05, 0.1) is 6.10 Å². The Labute approximate surface area is 111 Å². The van der Waals surface area contributed by atoms with E-state index in [1.54, 1.807) is 6.92 Å². The van der Waals surface area contributed by atoms with E-state index in [0.717, 1.165) is 25.2 Å². The fraction of sp³-hybridized carbons (Fsp3) is 0.933. The van der Waals surface area contributed by atoms with Gasteiger partial charge >= 0.3 is 0 Å². The Bertz CT molecular complexity index is 274. The van der Waals surface area contributed by atoms with Gasteiger partial charge in [-0.3, -0.25) is 4.79 Å². The van der Waals surface area contributed by atoms with Crippen LogP contribution in [0.5, 0.6) is 0 Å². The Morgan fingerprint density at radius 1 is 1.11 bits per heavy atom. The molecule has 0 spiro atoms. The average Bonchev–Trinajstić information content (AvgIpc) is 2.39. The fourth-order valence-electron chi connectivity index (χ4n) is 3.90. The molecule has 1 N–H and O–H groups in total. The van der Waals surface area contributed by atoms with Gasteiger partial charge in [-0.25, -0.2) is 0 Å². The van der Waals surface area contributed by atoms with Crippen LogP contribution in [0.1, 0.15) is 58.3 Å². The third-order valence-electron chi connectivity index (χ3n) is 4.83. The molecule has 0 heterocycles. The van der Waals surface area contributed by atoms with E-state index in [2.05, 4.69) is 5.32 Å². The Morgan fingerprint density at radius 3 is 2.44 bits per heavy atom. The van der Waals surface area contributed by atoms with Gasteiger partial charge in [0.15, 0.2) is 0 Å². The normalized spacial score (nSPS) is 34.2. The maximum Gasteiger partial charge on any atom is 0.217 e. The van der Waals surface area contributed by atoms with Crippen LogP contribution in [0.3, 0.4) is 0 Å². The summed E-state index contributed by atoms with van der Waals surface area (Å²) in [6.07, 6.45) is 10.5. The highest BCUT2D eigenvalue weighted by Gasteiger charge is 2.36. The topological polar surface area (TPSA) is 38.3 Å². The summed E-state index contributed by atoms with van der Waals surface area (Å²) in [4.78, 5) is 11.3. The molecule has 0 saturated heterocycles. The third-order valence-corrected chi connectivity index (χ3v) is 4.83. The van der Waals surface area contributed by atoms with Crippen LogP contribution in [0.25, 0.3) is 0 Å². The van der Waals surface area contributed by atoms with Gasteiger partial charge in [-0.05, 0) is 31.1 Å². The van der Waals surface area contributed by atoms with Crippen molar-refractivity contribution in [3.63, 3.8) is 0 Å². The van der Waals surface area contributed by atoms with E-state index in [-0.39, 0.29) is 5.91 Å². The fourth-order valence-corrected chi connectivity index (χ4v) is 3.90. The molecule has 3 heteroatoms. The molecule has 0 aromatic rings. The van der Waals surface area contributed by atoms with Crippen molar-refractivity contribution in [2.24, 2.45) is 11.8 Å². The Hall–Kier alpha value is -0.570. The lowest BCUT2D eigenvalue weighted by Crippen LogP contribution is -2.47. The number of ether oxygens (including phenoxy) is 1. The molecule has 3 unspecified atom stereocenters. The molecule has 0 radical (unpaired) electrons. The molecule has 3 atom stereocenters. The molecule has 18 heavy (non-hydrogen) atoms. The molecule has 2 fully saturated rings. The van der Waals surface area contributed by atoms with Gasteiger partial charge in [0.2, 0.25) is 5.91 Å². The number of nitrogens with one attached hydrogen (secondary N) is 1. The highest BCUT2D eigenvalue weighted by Crippen LogP contribution is 2.39. The zero-order valence-corrected chi connectivity index (χ0v) is 11.8. The van der Waals surface area contributed by atoms with Crippen molar-refractivity contribution in [1.29, 1.82) is 0 Å². The second-order valence-electron chi connectivity index (χ2n) is 6.04. The molecule has 1 amide bonds. The van der Waals surface area contributed by atoms with E-state index in [4.69, 9.17) is 4.74 Å². The van der Waals surface area contributed by atoms with Crippen LogP contribution in [-0.2, 0) is 9.53 Å². The van der Waals surface area contributed by atoms with E-state index in [0.29, 0.717) is 18.1 Å². The van der Waals surface area contributed by atoms with E-state index in [9.17, 15) is 4.79 Å². The second kappa shape index (κ2) is 6.55. The summed E-state index contributed by atoms with van der Waals surface area (Å²) in [6, 6.07) is 0.386. The molecule has 3 nitrogen and oxygen atoms in total. The lowest BCUT2D eigenvalue weighted by Gasteiger charge is -2.41. The van der Waals surface area contributed by atoms with Gasteiger partial charge in [0.1, 0.15) is 0 Å². The summed E-state index contributed by atoms with van der Waals surface area (Å²) in [5.74, 6) is 1.55. The first-order valence-corrected chi connectivity index (χ1v) is 7.50. The minimum atomic E-state index is 0.122. The Balaban J connectivity index is 2.00. The minimum absolute atomic E-state index is 0.122. The molecule has 0 bridgehead atoms. The maximum atomic E-state index is 11.3. The summed E-state index contributed by atoms with van der Waals surface area (Å²) < 4.78 is 5.55. The summed E-state index contributed by atoms with van der Waals surface area (Å²) in [5, 5.41) is 3.18. The van der Waals surface area contributed by atoms with Crippen LogP contribution >= 0.6 is 0 Å². The summed E-state index contributed by atoms with van der Waals surface area (Å²) in [6.45, 7) is 1.64. The van der Waals surface area contributed by atoms with Crippen molar-refractivity contribution in [1.82, 2.24) is 5.32 Å². The first kappa shape index (κ1) is 13.9. The summed E-state index contributed by atoms with van der Waals surface area (Å²) in [7, 11) is 1.82. The number of hydrogen-bond donors (Lipinski definition) is 1. The minimum Gasteiger partial charge on any atom is -0.381 e. The number of carbonyl (C=O) groups excluding carboxylic acids is 1. The molecule has 104 valence electrons. The van der Waals surface area contributed by atoms with Crippen molar-refractivity contribution in [3.8, 4) is 0 Å². The largest absolute Gasteiger partial charge is 0.381 e. The standard InChI is InChI=1S/C15H27NO2/c1-11(17)16-15-9-8-13(18-2)10-14(15)12-6-4-3-5-7-12/h12-15H,3-10H2,1-2H3,(H,16,17). The van der Waals surface area contributed by atoms with Crippen molar-refractivity contribution in [2.75, 3.05) is 7.11 Å². The maximum absolute atomic E-state index is 11.3. The first-order chi connectivity index (χ1) is 8.70. The molecule has 2 aliphatic rings. The number of hydrogen-bond acceptors (Lipinski definition) is 2. The van der Waals surface area contributed by atoms with Crippen LogP contribution in [-0.4, -0.2) is 25.2 Å². The Morgan fingerprint density at radius 2 is 1.83 bits per heavy atom. The molecule has 0 aromatic carbocycles. The van der Waals surface area contributed by atoms with Gasteiger partial charge in [-0.15, -0.1) is 0 Å². The number of rotatable bonds is 3. The number of carbonyl (C=O) groups is 1. The van der Waals surface area contributed by atoms with Crippen LogP contribution in [0.2, 0.25) is 0 Å². The van der Waals surface area contributed by atoms with E-state index < -0.39 is 0 Å². The van der Waals surface area contributed by atoms with Crippen molar-refractivity contribution >= 4 is 5.91 Å². The zero-order chi connectivity index (χ0) is 13.0. The molecule has 2 aliphatic carbocycles. The lowest BCUT2D eigenvalue weighted by molar-refractivity contribution is -0.121. The van der Waals surface area contributed by atoms with E-state index in [1.807, 2.05) is 7.11 Å². The second-order valence-corrected chi connectivity index (χ2v) is 6.04. The van der Waals surface area contributed by atoms with Crippen LogP contribution in [0.4, 0.5) is 0 Å². The van der Waals surface area contributed by atoms with E-state index >= 15 is 0 Å². The van der Waals surface area contributed by atoms with Gasteiger partial charge in [0.25, 0.3) is 0 Å². The first-order valence-electron chi connectivity index (χ1n) is 7.50. The van der Waals surface area contributed by atoms with Crippen LogP contribution in [0.15, 0.2) is 0 Å². The molecular formula is C15H27NO2. The summed E-state index contributed by atoms with van der Waals surface area (Å²) in [5.41, 5.74) is 0. The molecule has 2 saturated carbocycles. The van der Waals surface area contributed by atoms with Crippen molar-refractivity contribution in [2.45, 2.75) is 70.4 Å². The predicted octanol–water partition coefficient (Wildman–Crippen LogP) is 2.89. The van der Waals surface area contributed by atoms with Gasteiger partial charge in [0, 0.05) is 20.1 Å². The van der Waals surface area contributed by atoms with Gasteiger partial charge < -0.3 is 10.1 Å².